The molecule has 0 saturated heterocycles. The van der Waals surface area contributed by atoms with Crippen LogP contribution in [0.2, 0.25) is 0 Å². The first kappa shape index (κ1) is 23.4. The van der Waals surface area contributed by atoms with Crippen molar-refractivity contribution < 1.29 is 19.8 Å². The molecular formula is C25H38O4. The second kappa shape index (κ2) is 9.77. The Kier molecular flexibility index (Phi) is 7.90. The van der Waals surface area contributed by atoms with Crippen molar-refractivity contribution in [3.8, 4) is 0 Å². The molecule has 0 atom stereocenters. The van der Waals surface area contributed by atoms with Crippen molar-refractivity contribution in [3.63, 3.8) is 0 Å². The molecule has 1 aliphatic rings. The van der Waals surface area contributed by atoms with E-state index < -0.39 is 22.8 Å². The fourth-order valence-corrected chi connectivity index (χ4v) is 4.14. The Hall–Kier alpha value is -1.84. The standard InChI is InChI=1S/C25H38O4/c1-18-17-21(11-7-9-13-25(14-15-25)23(28)29)19(2)16-20(18)10-6-5-8-12-24(3,4)22(26)27/h16-17H,5-15H2,1-4H3,(H,26,27)(H,28,29). The van der Waals surface area contributed by atoms with Crippen LogP contribution >= 0.6 is 0 Å². The third-order valence-corrected chi connectivity index (χ3v) is 6.78. The summed E-state index contributed by atoms with van der Waals surface area (Å²) in [5.41, 5.74) is 4.42. The summed E-state index contributed by atoms with van der Waals surface area (Å²) < 4.78 is 0. The molecule has 1 aromatic rings. The molecule has 2 rings (SSSR count). The first-order chi connectivity index (χ1) is 13.6. The van der Waals surface area contributed by atoms with E-state index in [4.69, 9.17) is 0 Å². The van der Waals surface area contributed by atoms with Crippen LogP contribution in [0.1, 0.15) is 93.9 Å². The topological polar surface area (TPSA) is 74.6 Å². The number of rotatable bonds is 13. The fourth-order valence-electron chi connectivity index (χ4n) is 4.14. The molecule has 0 unspecified atom stereocenters. The van der Waals surface area contributed by atoms with Crippen LogP contribution in [0.3, 0.4) is 0 Å². The zero-order chi connectivity index (χ0) is 21.7. The minimum Gasteiger partial charge on any atom is -0.481 e. The Bertz CT molecular complexity index is 729. The molecule has 1 saturated carbocycles. The summed E-state index contributed by atoms with van der Waals surface area (Å²) in [4.78, 5) is 22.4. The van der Waals surface area contributed by atoms with Gasteiger partial charge in [0.2, 0.25) is 0 Å². The molecule has 0 spiro atoms. The van der Waals surface area contributed by atoms with E-state index in [0.29, 0.717) is 0 Å². The van der Waals surface area contributed by atoms with Gasteiger partial charge in [0.05, 0.1) is 10.8 Å². The molecule has 0 aliphatic heterocycles. The first-order valence-corrected chi connectivity index (χ1v) is 11.1. The van der Waals surface area contributed by atoms with Crippen LogP contribution in [0.5, 0.6) is 0 Å². The Morgan fingerprint density at radius 1 is 0.897 bits per heavy atom. The average molecular weight is 403 g/mol. The molecule has 29 heavy (non-hydrogen) atoms. The highest BCUT2D eigenvalue weighted by Crippen LogP contribution is 2.50. The van der Waals surface area contributed by atoms with E-state index in [1.54, 1.807) is 13.8 Å². The zero-order valence-corrected chi connectivity index (χ0v) is 18.6. The Balaban J connectivity index is 1.75. The van der Waals surface area contributed by atoms with Crippen molar-refractivity contribution >= 4 is 11.9 Å². The lowest BCUT2D eigenvalue weighted by molar-refractivity contribution is -0.147. The van der Waals surface area contributed by atoms with E-state index in [2.05, 4.69) is 26.0 Å². The molecule has 0 bridgehead atoms. The van der Waals surface area contributed by atoms with Crippen LogP contribution in [0.15, 0.2) is 12.1 Å². The van der Waals surface area contributed by atoms with Crippen molar-refractivity contribution in [1.29, 1.82) is 0 Å². The van der Waals surface area contributed by atoms with Crippen LogP contribution in [0, 0.1) is 24.7 Å². The number of carboxylic acid groups (broad SMARTS) is 2. The minimum atomic E-state index is -0.713. The molecule has 4 nitrogen and oxygen atoms in total. The van der Waals surface area contributed by atoms with Crippen molar-refractivity contribution in [3.05, 3.63) is 34.4 Å². The minimum absolute atomic E-state index is 0.394. The van der Waals surface area contributed by atoms with Crippen LogP contribution in [0.4, 0.5) is 0 Å². The average Bonchev–Trinajstić information content (AvgIpc) is 3.43. The van der Waals surface area contributed by atoms with Crippen molar-refractivity contribution in [2.24, 2.45) is 10.8 Å². The second-order valence-corrected chi connectivity index (χ2v) is 9.75. The molecule has 0 aromatic heterocycles. The van der Waals surface area contributed by atoms with Gasteiger partial charge in [0.15, 0.2) is 0 Å². The van der Waals surface area contributed by atoms with Gasteiger partial charge >= 0.3 is 11.9 Å². The number of aliphatic carboxylic acids is 2. The van der Waals surface area contributed by atoms with E-state index in [1.807, 2.05) is 0 Å². The van der Waals surface area contributed by atoms with Gasteiger partial charge in [-0.2, -0.15) is 0 Å². The van der Waals surface area contributed by atoms with E-state index in [0.717, 1.165) is 70.6 Å². The van der Waals surface area contributed by atoms with Gasteiger partial charge in [-0.25, -0.2) is 0 Å². The molecule has 1 aromatic carbocycles. The number of carboxylic acids is 2. The largest absolute Gasteiger partial charge is 0.481 e. The summed E-state index contributed by atoms with van der Waals surface area (Å²) in [6.45, 7) is 7.95. The van der Waals surface area contributed by atoms with Crippen LogP contribution < -0.4 is 0 Å². The zero-order valence-electron chi connectivity index (χ0n) is 18.6. The van der Waals surface area contributed by atoms with Gasteiger partial charge in [-0.1, -0.05) is 31.4 Å². The molecule has 4 heteroatoms. The van der Waals surface area contributed by atoms with E-state index in [1.165, 1.54) is 22.3 Å². The van der Waals surface area contributed by atoms with Crippen molar-refractivity contribution in [2.45, 2.75) is 98.3 Å². The van der Waals surface area contributed by atoms with Crippen molar-refractivity contribution in [1.82, 2.24) is 0 Å². The fraction of sp³-hybridized carbons (Fsp3) is 0.680. The van der Waals surface area contributed by atoms with Crippen LogP contribution in [-0.2, 0) is 22.4 Å². The number of aryl methyl sites for hydroxylation is 4. The maximum absolute atomic E-state index is 11.3. The highest BCUT2D eigenvalue weighted by molar-refractivity contribution is 5.77. The van der Waals surface area contributed by atoms with Gasteiger partial charge < -0.3 is 10.2 Å². The first-order valence-electron chi connectivity index (χ1n) is 11.1. The van der Waals surface area contributed by atoms with Gasteiger partial charge in [-0.15, -0.1) is 0 Å². The lowest BCUT2D eigenvalue weighted by Crippen LogP contribution is -2.23. The smallest absolute Gasteiger partial charge is 0.309 e. The molecule has 2 N–H and O–H groups in total. The summed E-state index contributed by atoms with van der Waals surface area (Å²) >= 11 is 0. The number of hydrogen-bond acceptors (Lipinski definition) is 2. The summed E-state index contributed by atoms with van der Waals surface area (Å²) in [5.74, 6) is -1.32. The molecule has 0 amide bonds. The van der Waals surface area contributed by atoms with Gasteiger partial charge in [-0.05, 0) is 101 Å². The second-order valence-electron chi connectivity index (χ2n) is 9.75. The monoisotopic (exact) mass is 402 g/mol. The molecule has 162 valence electrons. The summed E-state index contributed by atoms with van der Waals surface area (Å²) in [7, 11) is 0. The third-order valence-electron chi connectivity index (χ3n) is 6.78. The lowest BCUT2D eigenvalue weighted by Gasteiger charge is -2.18. The van der Waals surface area contributed by atoms with E-state index in [9.17, 15) is 19.8 Å². The Morgan fingerprint density at radius 2 is 1.41 bits per heavy atom. The lowest BCUT2D eigenvalue weighted by atomic mass is 9.86. The van der Waals surface area contributed by atoms with E-state index >= 15 is 0 Å². The van der Waals surface area contributed by atoms with Gasteiger partial charge in [0, 0.05) is 0 Å². The quantitative estimate of drug-likeness (QED) is 0.391. The van der Waals surface area contributed by atoms with E-state index in [-0.39, 0.29) is 0 Å². The predicted molar refractivity (Wildman–Crippen MR) is 116 cm³/mol. The number of unbranched alkanes of at least 4 members (excludes halogenated alkanes) is 3. The summed E-state index contributed by atoms with van der Waals surface area (Å²) in [6.07, 6.45) is 10.4. The molecule has 0 radical (unpaired) electrons. The Labute approximate surface area is 175 Å². The van der Waals surface area contributed by atoms with Gasteiger partial charge in [0.1, 0.15) is 0 Å². The SMILES string of the molecule is Cc1cc(CCCCC2(C(=O)O)CC2)c(C)cc1CCCCCC(C)(C)C(=O)O. The maximum Gasteiger partial charge on any atom is 0.309 e. The van der Waals surface area contributed by atoms with Crippen molar-refractivity contribution in [2.75, 3.05) is 0 Å². The van der Waals surface area contributed by atoms with Gasteiger partial charge in [-0.3, -0.25) is 9.59 Å². The highest BCUT2D eigenvalue weighted by Gasteiger charge is 2.49. The Morgan fingerprint density at radius 3 is 1.86 bits per heavy atom. The molecule has 1 aliphatic carbocycles. The third kappa shape index (κ3) is 6.58. The number of carbonyl (C=O) groups is 2. The van der Waals surface area contributed by atoms with Crippen LogP contribution in [0.25, 0.3) is 0 Å². The maximum atomic E-state index is 11.3. The van der Waals surface area contributed by atoms with Gasteiger partial charge in [0.25, 0.3) is 0 Å². The molecule has 1 fully saturated rings. The van der Waals surface area contributed by atoms with Crippen LogP contribution in [-0.4, -0.2) is 22.2 Å². The number of hydrogen-bond donors (Lipinski definition) is 2. The molecular weight excluding hydrogens is 364 g/mol. The number of benzene rings is 1. The summed E-state index contributed by atoms with van der Waals surface area (Å²) in [6, 6.07) is 4.62. The normalized spacial score (nSPS) is 15.3. The summed E-state index contributed by atoms with van der Waals surface area (Å²) in [5, 5.41) is 18.5. The molecule has 0 heterocycles. The predicted octanol–water partition coefficient (Wildman–Crippen LogP) is 6.09. The highest BCUT2D eigenvalue weighted by atomic mass is 16.4.